The van der Waals surface area contributed by atoms with E-state index in [1.807, 2.05) is 0 Å². The first-order valence-electron chi connectivity index (χ1n) is 6.43. The minimum atomic E-state index is -4.23. The van der Waals surface area contributed by atoms with Gasteiger partial charge in [-0.25, -0.2) is 0 Å². The van der Waals surface area contributed by atoms with E-state index in [-0.39, 0.29) is 0 Å². The van der Waals surface area contributed by atoms with Gasteiger partial charge in [-0.3, -0.25) is 0 Å². The van der Waals surface area contributed by atoms with Crippen molar-refractivity contribution in [2.45, 2.75) is 31.9 Å². The predicted octanol–water partition coefficient (Wildman–Crippen LogP) is 3.64. The van der Waals surface area contributed by atoms with Crippen LogP contribution in [0.25, 0.3) is 0 Å². The van der Waals surface area contributed by atoms with Crippen molar-refractivity contribution in [1.82, 2.24) is 5.32 Å². The summed E-state index contributed by atoms with van der Waals surface area (Å²) in [5.41, 5.74) is -0.0515. The van der Waals surface area contributed by atoms with Gasteiger partial charge in [-0.15, -0.1) is 0 Å². The van der Waals surface area contributed by atoms with Crippen LogP contribution >= 0.6 is 0 Å². The molecule has 1 heterocycles. The zero-order valence-corrected chi connectivity index (χ0v) is 10.3. The number of hydrogen-bond donors (Lipinski definition) is 1. The van der Waals surface area contributed by atoms with E-state index >= 15 is 0 Å². The molecule has 1 atom stereocenters. The first-order chi connectivity index (χ1) is 8.57. The number of piperidine rings is 1. The molecule has 1 aliphatic rings. The second kappa shape index (κ2) is 5.74. The van der Waals surface area contributed by atoms with Crippen molar-refractivity contribution in [2.24, 2.45) is 5.92 Å². The van der Waals surface area contributed by atoms with E-state index in [1.165, 1.54) is 12.1 Å². The van der Waals surface area contributed by atoms with Crippen LogP contribution in [-0.2, 0) is 12.6 Å². The van der Waals surface area contributed by atoms with Crippen LogP contribution in [0.2, 0.25) is 0 Å². The Bertz CT molecular complexity index is 381. The number of halogens is 3. The van der Waals surface area contributed by atoms with Crippen LogP contribution in [0.4, 0.5) is 13.2 Å². The Morgan fingerprint density at radius 3 is 2.67 bits per heavy atom. The first-order valence-corrected chi connectivity index (χ1v) is 6.43. The lowest BCUT2D eigenvalue weighted by molar-refractivity contribution is -0.138. The minimum absolute atomic E-state index is 0.426. The minimum Gasteiger partial charge on any atom is -0.316 e. The molecule has 0 aliphatic carbocycles. The van der Waals surface area contributed by atoms with Crippen LogP contribution in [0.1, 0.15) is 30.4 Å². The Kier molecular flexibility index (Phi) is 4.27. The predicted molar refractivity (Wildman–Crippen MR) is 65.4 cm³/mol. The smallest absolute Gasteiger partial charge is 0.316 e. The largest absolute Gasteiger partial charge is 0.416 e. The monoisotopic (exact) mass is 257 g/mol. The maximum absolute atomic E-state index is 12.8. The summed E-state index contributed by atoms with van der Waals surface area (Å²) in [6.07, 6.45) is -0.629. The lowest BCUT2D eigenvalue weighted by atomic mass is 9.91. The molecule has 0 aromatic heterocycles. The fraction of sp³-hybridized carbons (Fsp3) is 0.571. The van der Waals surface area contributed by atoms with Crippen molar-refractivity contribution in [1.29, 1.82) is 0 Å². The first kappa shape index (κ1) is 13.4. The summed E-state index contributed by atoms with van der Waals surface area (Å²) in [6, 6.07) is 5.91. The Balaban J connectivity index is 2.00. The summed E-state index contributed by atoms with van der Waals surface area (Å²) >= 11 is 0. The van der Waals surface area contributed by atoms with Crippen LogP contribution < -0.4 is 5.32 Å². The molecule has 1 aliphatic heterocycles. The van der Waals surface area contributed by atoms with Crippen molar-refractivity contribution in [2.75, 3.05) is 13.1 Å². The Morgan fingerprint density at radius 2 is 2.00 bits per heavy atom. The third-order valence-electron chi connectivity index (χ3n) is 3.54. The molecule has 0 spiro atoms. The summed E-state index contributed by atoms with van der Waals surface area (Å²) in [4.78, 5) is 0. The molecule has 18 heavy (non-hydrogen) atoms. The molecule has 1 saturated heterocycles. The molecular weight excluding hydrogens is 239 g/mol. The molecule has 1 N–H and O–H groups in total. The summed E-state index contributed by atoms with van der Waals surface area (Å²) in [5.74, 6) is 0.514. The second-order valence-corrected chi connectivity index (χ2v) is 4.91. The van der Waals surface area contributed by atoms with Crippen LogP contribution in [-0.4, -0.2) is 13.1 Å². The van der Waals surface area contributed by atoms with Crippen LogP contribution in [0.3, 0.4) is 0 Å². The highest BCUT2D eigenvalue weighted by molar-refractivity contribution is 5.29. The highest BCUT2D eigenvalue weighted by atomic mass is 19.4. The zero-order valence-electron chi connectivity index (χ0n) is 10.3. The van der Waals surface area contributed by atoms with Gasteiger partial charge in [0.2, 0.25) is 0 Å². The van der Waals surface area contributed by atoms with Crippen molar-refractivity contribution in [3.05, 3.63) is 35.4 Å². The molecule has 2 rings (SSSR count). The number of alkyl halides is 3. The lowest BCUT2D eigenvalue weighted by Crippen LogP contribution is -2.30. The molecule has 4 heteroatoms. The van der Waals surface area contributed by atoms with E-state index in [1.54, 1.807) is 12.1 Å². The molecule has 0 bridgehead atoms. The average Bonchev–Trinajstić information content (AvgIpc) is 2.37. The molecule has 1 unspecified atom stereocenters. The summed E-state index contributed by atoms with van der Waals surface area (Å²) in [6.45, 7) is 1.98. The van der Waals surface area contributed by atoms with Crippen molar-refractivity contribution in [3.63, 3.8) is 0 Å². The highest BCUT2D eigenvalue weighted by Crippen LogP contribution is 2.33. The van der Waals surface area contributed by atoms with E-state index in [2.05, 4.69) is 5.32 Å². The van der Waals surface area contributed by atoms with Gasteiger partial charge in [0.15, 0.2) is 0 Å². The van der Waals surface area contributed by atoms with E-state index in [0.29, 0.717) is 17.9 Å². The van der Waals surface area contributed by atoms with Crippen molar-refractivity contribution < 1.29 is 13.2 Å². The summed E-state index contributed by atoms with van der Waals surface area (Å²) < 4.78 is 38.4. The topological polar surface area (TPSA) is 12.0 Å². The van der Waals surface area contributed by atoms with Crippen molar-refractivity contribution in [3.8, 4) is 0 Å². The van der Waals surface area contributed by atoms with Gasteiger partial charge in [-0.2, -0.15) is 13.2 Å². The Labute approximate surface area is 105 Å². The molecule has 1 nitrogen and oxygen atoms in total. The average molecular weight is 257 g/mol. The van der Waals surface area contributed by atoms with Gasteiger partial charge in [0, 0.05) is 0 Å². The molecule has 100 valence electrons. The number of benzene rings is 1. The summed E-state index contributed by atoms with van der Waals surface area (Å²) in [5, 5.41) is 3.29. The fourth-order valence-electron chi connectivity index (χ4n) is 2.54. The van der Waals surface area contributed by atoms with E-state index in [0.717, 1.165) is 32.4 Å². The maximum atomic E-state index is 12.8. The molecule has 1 aromatic rings. The van der Waals surface area contributed by atoms with Gasteiger partial charge in [0.1, 0.15) is 0 Å². The van der Waals surface area contributed by atoms with Gasteiger partial charge >= 0.3 is 6.18 Å². The van der Waals surface area contributed by atoms with Gasteiger partial charge in [-0.1, -0.05) is 18.2 Å². The number of rotatable bonds is 3. The van der Waals surface area contributed by atoms with E-state index in [4.69, 9.17) is 0 Å². The molecular formula is C14H18F3N. The molecule has 0 saturated carbocycles. The molecule has 0 radical (unpaired) electrons. The maximum Gasteiger partial charge on any atom is 0.416 e. The SMILES string of the molecule is FC(F)(F)c1ccccc1CCC1CCCNC1. The van der Waals surface area contributed by atoms with Gasteiger partial charge < -0.3 is 5.32 Å². The number of hydrogen-bond acceptors (Lipinski definition) is 1. The van der Waals surface area contributed by atoms with E-state index in [9.17, 15) is 13.2 Å². The van der Waals surface area contributed by atoms with Crippen molar-refractivity contribution >= 4 is 0 Å². The van der Waals surface area contributed by atoms with Gasteiger partial charge in [0.05, 0.1) is 5.56 Å². The van der Waals surface area contributed by atoms with Crippen LogP contribution in [0.5, 0.6) is 0 Å². The van der Waals surface area contributed by atoms with Crippen LogP contribution in [0.15, 0.2) is 24.3 Å². The normalized spacial score (nSPS) is 20.9. The molecule has 1 aromatic carbocycles. The zero-order chi connectivity index (χ0) is 13.0. The third-order valence-corrected chi connectivity index (χ3v) is 3.54. The van der Waals surface area contributed by atoms with Crippen LogP contribution in [0, 0.1) is 5.92 Å². The van der Waals surface area contributed by atoms with Gasteiger partial charge in [-0.05, 0) is 56.3 Å². The quantitative estimate of drug-likeness (QED) is 0.871. The fourth-order valence-corrected chi connectivity index (χ4v) is 2.54. The Hall–Kier alpha value is -1.03. The standard InChI is InChI=1S/C14H18F3N/c15-14(16,17)13-6-2-1-5-12(13)8-7-11-4-3-9-18-10-11/h1-2,5-6,11,18H,3-4,7-10H2. The van der Waals surface area contributed by atoms with Gasteiger partial charge in [0.25, 0.3) is 0 Å². The second-order valence-electron chi connectivity index (χ2n) is 4.91. The highest BCUT2D eigenvalue weighted by Gasteiger charge is 2.32. The number of aryl methyl sites for hydroxylation is 1. The number of nitrogens with one attached hydrogen (secondary N) is 1. The molecule has 0 amide bonds. The lowest BCUT2D eigenvalue weighted by Gasteiger charge is -2.23. The summed E-state index contributed by atoms with van der Waals surface area (Å²) in [7, 11) is 0. The third kappa shape index (κ3) is 3.48. The Morgan fingerprint density at radius 1 is 1.22 bits per heavy atom. The van der Waals surface area contributed by atoms with E-state index < -0.39 is 11.7 Å². The molecule has 1 fully saturated rings.